The fraction of sp³-hybridized carbons (Fsp3) is 0. The molecule has 0 unspecified atom stereocenters. The van der Waals surface area contributed by atoms with Gasteiger partial charge in [0, 0.05) is 16.3 Å². The quantitative estimate of drug-likeness (QED) is 0.561. The third-order valence-corrected chi connectivity index (χ3v) is 4.55. The smallest absolute Gasteiger partial charge is 0.161 e. The average Bonchev–Trinajstić information content (AvgIpc) is 3.01. The van der Waals surface area contributed by atoms with Crippen LogP contribution in [0.2, 0.25) is 5.02 Å². The van der Waals surface area contributed by atoms with Gasteiger partial charge < -0.3 is 5.32 Å². The summed E-state index contributed by atoms with van der Waals surface area (Å²) >= 11 is 7.58. The minimum Gasteiger partial charge on any atom is -0.338 e. The first-order valence-electron chi connectivity index (χ1n) is 6.99. The van der Waals surface area contributed by atoms with Crippen LogP contribution < -0.4 is 5.32 Å². The van der Waals surface area contributed by atoms with E-state index in [2.05, 4.69) is 15.3 Å². The average molecular weight is 339 g/mol. The van der Waals surface area contributed by atoms with Crippen molar-refractivity contribution in [2.75, 3.05) is 5.32 Å². The summed E-state index contributed by atoms with van der Waals surface area (Å²) in [7, 11) is 0. The van der Waals surface area contributed by atoms with Gasteiger partial charge in [-0.1, -0.05) is 59.3 Å². The molecule has 4 aromatic rings. The second kappa shape index (κ2) is 5.95. The zero-order valence-electron chi connectivity index (χ0n) is 11.9. The van der Waals surface area contributed by atoms with Crippen molar-refractivity contribution >= 4 is 44.8 Å². The molecule has 112 valence electrons. The van der Waals surface area contributed by atoms with Gasteiger partial charge in [-0.15, -0.1) is 0 Å². The summed E-state index contributed by atoms with van der Waals surface area (Å²) in [4.78, 5) is 14.2. The molecule has 0 aliphatic heterocycles. The Bertz CT molecular complexity index is 969. The highest BCUT2D eigenvalue weighted by atomic mass is 35.5. The predicted octanol–water partition coefficient (Wildman–Crippen LogP) is 5.15. The van der Waals surface area contributed by atoms with E-state index in [9.17, 15) is 0 Å². The van der Waals surface area contributed by atoms with Gasteiger partial charge in [0.1, 0.15) is 21.7 Å². The van der Waals surface area contributed by atoms with E-state index in [0.717, 1.165) is 26.6 Å². The van der Waals surface area contributed by atoms with Gasteiger partial charge in [-0.2, -0.15) is 0 Å². The lowest BCUT2D eigenvalue weighted by atomic mass is 10.2. The number of thiazole rings is 1. The zero-order chi connectivity index (χ0) is 15.6. The van der Waals surface area contributed by atoms with Crippen molar-refractivity contribution in [2.24, 2.45) is 0 Å². The van der Waals surface area contributed by atoms with Gasteiger partial charge in [-0.05, 0) is 18.2 Å². The molecule has 1 N–H and O–H groups in total. The van der Waals surface area contributed by atoms with E-state index in [-0.39, 0.29) is 0 Å². The molecule has 2 heterocycles. The monoisotopic (exact) mass is 338 g/mol. The lowest BCUT2D eigenvalue weighted by Crippen LogP contribution is -1.95. The Hall–Kier alpha value is -2.50. The molecule has 0 aliphatic carbocycles. The topological polar surface area (TPSA) is 50.7 Å². The van der Waals surface area contributed by atoms with Gasteiger partial charge in [-0.25, -0.2) is 15.0 Å². The van der Waals surface area contributed by atoms with Crippen LogP contribution in [0.25, 0.3) is 20.9 Å². The number of nitrogens with zero attached hydrogens (tertiary/aromatic N) is 3. The highest BCUT2D eigenvalue weighted by molar-refractivity contribution is 7.21. The largest absolute Gasteiger partial charge is 0.338 e. The van der Waals surface area contributed by atoms with Crippen molar-refractivity contribution in [3.63, 3.8) is 0 Å². The molecule has 0 aliphatic rings. The molecule has 0 amide bonds. The van der Waals surface area contributed by atoms with Gasteiger partial charge >= 0.3 is 0 Å². The maximum absolute atomic E-state index is 6.03. The standard InChI is InChI=1S/C17H11ClN4S/c18-12-7-4-8-13(9-12)21-15-14-17(20-10-19-15)23-16(22-14)11-5-2-1-3-6-11/h1-10H,(H,19,20,21). The fourth-order valence-corrected chi connectivity index (χ4v) is 3.36. The molecule has 0 radical (unpaired) electrons. The number of hydrogen-bond donors (Lipinski definition) is 1. The van der Waals surface area contributed by atoms with Crippen molar-refractivity contribution in [1.29, 1.82) is 0 Å². The molecule has 4 rings (SSSR count). The first kappa shape index (κ1) is 14.1. The number of halogens is 1. The lowest BCUT2D eigenvalue weighted by molar-refractivity contribution is 1.22. The van der Waals surface area contributed by atoms with Crippen molar-refractivity contribution < 1.29 is 0 Å². The minimum absolute atomic E-state index is 0.670. The number of benzene rings is 2. The second-order valence-corrected chi connectivity index (χ2v) is 6.31. The number of nitrogens with one attached hydrogen (secondary N) is 1. The molecular weight excluding hydrogens is 328 g/mol. The van der Waals surface area contributed by atoms with Crippen molar-refractivity contribution in [3.05, 3.63) is 65.9 Å². The number of anilines is 2. The van der Waals surface area contributed by atoms with Gasteiger partial charge in [0.05, 0.1) is 0 Å². The summed E-state index contributed by atoms with van der Waals surface area (Å²) < 4.78 is 0. The molecular formula is C17H11ClN4S. The molecule has 0 saturated heterocycles. The number of fused-ring (bicyclic) bond motifs is 1. The number of rotatable bonds is 3. The predicted molar refractivity (Wildman–Crippen MR) is 95.4 cm³/mol. The van der Waals surface area contributed by atoms with Crippen LogP contribution >= 0.6 is 22.9 Å². The van der Waals surface area contributed by atoms with Crippen LogP contribution in [0.3, 0.4) is 0 Å². The lowest BCUT2D eigenvalue weighted by Gasteiger charge is -2.05. The van der Waals surface area contributed by atoms with Crippen LogP contribution in [0.5, 0.6) is 0 Å². The van der Waals surface area contributed by atoms with Crippen molar-refractivity contribution in [2.45, 2.75) is 0 Å². The molecule has 2 aromatic carbocycles. The molecule has 23 heavy (non-hydrogen) atoms. The van der Waals surface area contributed by atoms with E-state index in [0.29, 0.717) is 10.8 Å². The van der Waals surface area contributed by atoms with Crippen LogP contribution in [0.15, 0.2) is 60.9 Å². The Morgan fingerprint density at radius 3 is 2.65 bits per heavy atom. The Morgan fingerprint density at radius 1 is 0.957 bits per heavy atom. The Kier molecular flexibility index (Phi) is 3.65. The summed E-state index contributed by atoms with van der Waals surface area (Å²) in [6.07, 6.45) is 1.54. The van der Waals surface area contributed by atoms with Crippen LogP contribution in [0.4, 0.5) is 11.5 Å². The molecule has 4 nitrogen and oxygen atoms in total. The Morgan fingerprint density at radius 2 is 1.83 bits per heavy atom. The summed E-state index contributed by atoms with van der Waals surface area (Å²) in [6, 6.07) is 17.6. The first-order valence-corrected chi connectivity index (χ1v) is 8.18. The minimum atomic E-state index is 0.670. The van der Waals surface area contributed by atoms with Crippen LogP contribution in [0.1, 0.15) is 0 Å². The van der Waals surface area contributed by atoms with E-state index in [1.807, 2.05) is 54.6 Å². The molecule has 0 fully saturated rings. The van der Waals surface area contributed by atoms with Crippen molar-refractivity contribution in [3.8, 4) is 10.6 Å². The highest BCUT2D eigenvalue weighted by Crippen LogP contribution is 2.32. The number of aromatic nitrogens is 3. The van der Waals surface area contributed by atoms with Gasteiger partial charge in [-0.3, -0.25) is 0 Å². The van der Waals surface area contributed by atoms with Gasteiger partial charge in [0.15, 0.2) is 5.82 Å². The van der Waals surface area contributed by atoms with E-state index in [1.165, 1.54) is 0 Å². The van der Waals surface area contributed by atoms with Crippen LogP contribution in [0, 0.1) is 0 Å². The van der Waals surface area contributed by atoms with Gasteiger partial charge in [0.2, 0.25) is 0 Å². The summed E-state index contributed by atoms with van der Waals surface area (Å²) in [5.74, 6) is 0.677. The third kappa shape index (κ3) is 2.88. The summed E-state index contributed by atoms with van der Waals surface area (Å²) in [6.45, 7) is 0. The van der Waals surface area contributed by atoms with Crippen molar-refractivity contribution in [1.82, 2.24) is 15.0 Å². The van der Waals surface area contributed by atoms with E-state index in [1.54, 1.807) is 17.7 Å². The normalized spacial score (nSPS) is 10.8. The van der Waals surface area contributed by atoms with Crippen LogP contribution in [-0.4, -0.2) is 15.0 Å². The first-order chi connectivity index (χ1) is 11.3. The molecule has 0 bridgehead atoms. The zero-order valence-corrected chi connectivity index (χ0v) is 13.5. The Balaban J connectivity index is 1.77. The fourth-order valence-electron chi connectivity index (χ4n) is 2.25. The molecule has 0 spiro atoms. The number of hydrogen-bond acceptors (Lipinski definition) is 5. The molecule has 0 saturated carbocycles. The second-order valence-electron chi connectivity index (χ2n) is 4.90. The van der Waals surface area contributed by atoms with Gasteiger partial charge in [0.25, 0.3) is 0 Å². The SMILES string of the molecule is Clc1cccc(Nc2ncnc3sc(-c4ccccc4)nc23)c1. The highest BCUT2D eigenvalue weighted by Gasteiger charge is 2.12. The molecule has 2 aromatic heterocycles. The molecule has 6 heteroatoms. The summed E-state index contributed by atoms with van der Waals surface area (Å²) in [5.41, 5.74) is 2.70. The maximum Gasteiger partial charge on any atom is 0.161 e. The van der Waals surface area contributed by atoms with E-state index in [4.69, 9.17) is 16.6 Å². The van der Waals surface area contributed by atoms with E-state index < -0.39 is 0 Å². The van der Waals surface area contributed by atoms with Crippen LogP contribution in [-0.2, 0) is 0 Å². The third-order valence-electron chi connectivity index (χ3n) is 3.30. The maximum atomic E-state index is 6.03. The Labute approximate surface area is 141 Å². The van der Waals surface area contributed by atoms with E-state index >= 15 is 0 Å². The molecule has 0 atom stereocenters. The summed E-state index contributed by atoms with van der Waals surface area (Å²) in [5, 5.41) is 4.86.